The minimum Gasteiger partial charge on any atom is -0.495 e. The van der Waals surface area contributed by atoms with E-state index in [0.717, 1.165) is 0 Å². The molecular formula is C15H15BrN2O5S. The number of hydrogen-bond donors (Lipinski definition) is 1. The maximum Gasteiger partial charge on any atom is 0.274 e. The van der Waals surface area contributed by atoms with Crippen LogP contribution >= 0.6 is 15.9 Å². The molecule has 0 radical (unpaired) electrons. The highest BCUT2D eigenvalue weighted by Crippen LogP contribution is 2.32. The van der Waals surface area contributed by atoms with Crippen LogP contribution in [0.15, 0.2) is 39.7 Å². The van der Waals surface area contributed by atoms with Gasteiger partial charge in [0, 0.05) is 16.1 Å². The van der Waals surface area contributed by atoms with Crippen LogP contribution in [0.1, 0.15) is 11.1 Å². The van der Waals surface area contributed by atoms with Crippen LogP contribution in [0.25, 0.3) is 0 Å². The number of aryl methyl sites for hydroxylation is 2. The predicted molar refractivity (Wildman–Crippen MR) is 94.1 cm³/mol. The van der Waals surface area contributed by atoms with Crippen molar-refractivity contribution >= 4 is 37.3 Å². The normalized spacial score (nSPS) is 11.2. The highest BCUT2D eigenvalue weighted by atomic mass is 79.9. The molecule has 0 spiro atoms. The van der Waals surface area contributed by atoms with Crippen molar-refractivity contribution in [2.24, 2.45) is 0 Å². The molecule has 0 unspecified atom stereocenters. The standard InChI is InChI=1S/C15H15BrN2O5S/c1-9-6-10(2)13(18(19)20)8-12(9)17-24(21,22)15-7-11(16)4-5-14(15)23-3/h4-8,17H,1-3H3. The second-order valence-corrected chi connectivity index (χ2v) is 7.68. The van der Waals surface area contributed by atoms with E-state index in [0.29, 0.717) is 15.6 Å². The fourth-order valence-corrected chi connectivity index (χ4v) is 4.04. The summed E-state index contributed by atoms with van der Waals surface area (Å²) in [5.41, 5.74) is 1.03. The topological polar surface area (TPSA) is 98.5 Å². The molecule has 7 nitrogen and oxygen atoms in total. The quantitative estimate of drug-likeness (QED) is 0.592. The van der Waals surface area contributed by atoms with E-state index in [1.165, 1.54) is 25.3 Å². The van der Waals surface area contributed by atoms with Crippen molar-refractivity contribution in [2.45, 2.75) is 18.7 Å². The minimum atomic E-state index is -3.98. The summed E-state index contributed by atoms with van der Waals surface area (Å²) in [6, 6.07) is 7.35. The molecule has 0 amide bonds. The van der Waals surface area contributed by atoms with E-state index in [-0.39, 0.29) is 22.0 Å². The van der Waals surface area contributed by atoms with E-state index in [1.54, 1.807) is 26.0 Å². The van der Waals surface area contributed by atoms with Gasteiger partial charge in [0.1, 0.15) is 10.6 Å². The van der Waals surface area contributed by atoms with Crippen molar-refractivity contribution in [1.82, 2.24) is 0 Å². The number of rotatable bonds is 5. The highest BCUT2D eigenvalue weighted by Gasteiger charge is 2.23. The Morgan fingerprint density at radius 2 is 1.83 bits per heavy atom. The smallest absolute Gasteiger partial charge is 0.274 e. The van der Waals surface area contributed by atoms with E-state index in [1.807, 2.05) is 0 Å². The van der Waals surface area contributed by atoms with Gasteiger partial charge in [-0.15, -0.1) is 0 Å². The van der Waals surface area contributed by atoms with Gasteiger partial charge in [-0.1, -0.05) is 15.9 Å². The summed E-state index contributed by atoms with van der Waals surface area (Å²) in [6.07, 6.45) is 0. The first-order valence-corrected chi connectivity index (χ1v) is 9.05. The lowest BCUT2D eigenvalue weighted by Crippen LogP contribution is -2.15. The molecular weight excluding hydrogens is 400 g/mol. The summed E-state index contributed by atoms with van der Waals surface area (Å²) in [4.78, 5) is 10.5. The molecule has 2 aromatic carbocycles. The van der Waals surface area contributed by atoms with Crippen LogP contribution in [0, 0.1) is 24.0 Å². The lowest BCUT2D eigenvalue weighted by molar-refractivity contribution is -0.385. The molecule has 0 aromatic heterocycles. The van der Waals surface area contributed by atoms with Crippen LogP contribution in [-0.2, 0) is 10.0 Å². The Kier molecular flexibility index (Phi) is 5.14. The number of nitrogens with one attached hydrogen (secondary N) is 1. The number of anilines is 1. The fourth-order valence-electron chi connectivity index (χ4n) is 2.21. The molecule has 0 saturated carbocycles. The van der Waals surface area contributed by atoms with Crippen molar-refractivity contribution in [3.8, 4) is 5.75 Å². The Labute approximate surface area is 148 Å². The number of sulfonamides is 1. The summed E-state index contributed by atoms with van der Waals surface area (Å²) >= 11 is 3.22. The molecule has 2 rings (SSSR count). The first kappa shape index (κ1) is 18.2. The molecule has 0 aliphatic heterocycles. The van der Waals surface area contributed by atoms with E-state index < -0.39 is 14.9 Å². The summed E-state index contributed by atoms with van der Waals surface area (Å²) in [6.45, 7) is 3.27. The number of nitrogens with zero attached hydrogens (tertiary/aromatic N) is 1. The lowest BCUT2D eigenvalue weighted by atomic mass is 10.1. The predicted octanol–water partition coefficient (Wildman–Crippen LogP) is 3.78. The molecule has 2 aromatic rings. The van der Waals surface area contributed by atoms with Crippen LogP contribution in [-0.4, -0.2) is 20.5 Å². The number of hydrogen-bond acceptors (Lipinski definition) is 5. The molecule has 0 atom stereocenters. The summed E-state index contributed by atoms with van der Waals surface area (Å²) in [5.74, 6) is 0.171. The van der Waals surface area contributed by atoms with Crippen molar-refractivity contribution in [3.05, 3.63) is 56.0 Å². The molecule has 0 fully saturated rings. The average Bonchev–Trinajstić information content (AvgIpc) is 2.49. The largest absolute Gasteiger partial charge is 0.495 e. The Morgan fingerprint density at radius 1 is 1.17 bits per heavy atom. The Morgan fingerprint density at radius 3 is 2.42 bits per heavy atom. The van der Waals surface area contributed by atoms with E-state index in [9.17, 15) is 18.5 Å². The number of halogens is 1. The lowest BCUT2D eigenvalue weighted by Gasteiger charge is -2.14. The van der Waals surface area contributed by atoms with Gasteiger partial charge >= 0.3 is 0 Å². The van der Waals surface area contributed by atoms with Crippen LogP contribution in [0.3, 0.4) is 0 Å². The van der Waals surface area contributed by atoms with Gasteiger partial charge in [0.2, 0.25) is 0 Å². The molecule has 1 N–H and O–H groups in total. The Bertz CT molecular complexity index is 912. The third kappa shape index (κ3) is 3.68. The zero-order valence-corrected chi connectivity index (χ0v) is 15.6. The van der Waals surface area contributed by atoms with Crippen LogP contribution in [0.5, 0.6) is 5.75 Å². The van der Waals surface area contributed by atoms with Crippen LogP contribution in [0.2, 0.25) is 0 Å². The zero-order chi connectivity index (χ0) is 18.1. The van der Waals surface area contributed by atoms with Gasteiger partial charge in [-0.25, -0.2) is 8.42 Å². The van der Waals surface area contributed by atoms with Crippen molar-refractivity contribution in [1.29, 1.82) is 0 Å². The van der Waals surface area contributed by atoms with Crippen molar-refractivity contribution < 1.29 is 18.1 Å². The minimum absolute atomic E-state index is 0.0676. The SMILES string of the molecule is COc1ccc(Br)cc1S(=O)(=O)Nc1cc([N+](=O)[O-])c(C)cc1C. The molecule has 0 saturated heterocycles. The maximum atomic E-state index is 12.7. The third-order valence-corrected chi connectivity index (χ3v) is 5.28. The number of methoxy groups -OCH3 is 1. The van der Waals surface area contributed by atoms with Crippen LogP contribution < -0.4 is 9.46 Å². The van der Waals surface area contributed by atoms with Crippen LogP contribution in [0.4, 0.5) is 11.4 Å². The molecule has 9 heteroatoms. The van der Waals surface area contributed by atoms with Crippen molar-refractivity contribution in [3.63, 3.8) is 0 Å². The maximum absolute atomic E-state index is 12.7. The molecule has 0 aliphatic carbocycles. The zero-order valence-electron chi connectivity index (χ0n) is 13.2. The van der Waals surface area contributed by atoms with E-state index in [2.05, 4.69) is 20.7 Å². The Balaban J connectivity index is 2.53. The first-order valence-electron chi connectivity index (χ1n) is 6.77. The summed E-state index contributed by atoms with van der Waals surface area (Å²) in [7, 11) is -2.62. The van der Waals surface area contributed by atoms with Gasteiger partial charge in [0.15, 0.2) is 0 Å². The third-order valence-electron chi connectivity index (χ3n) is 3.40. The molecule has 0 bridgehead atoms. The second-order valence-electron chi connectivity index (χ2n) is 5.11. The summed E-state index contributed by atoms with van der Waals surface area (Å²) in [5, 5.41) is 11.1. The Hall–Kier alpha value is -2.13. The van der Waals surface area contributed by atoms with E-state index in [4.69, 9.17) is 4.74 Å². The second kappa shape index (κ2) is 6.78. The molecule has 0 aliphatic rings. The molecule has 24 heavy (non-hydrogen) atoms. The van der Waals surface area contributed by atoms with Gasteiger partial charge < -0.3 is 4.74 Å². The average molecular weight is 415 g/mol. The fraction of sp³-hybridized carbons (Fsp3) is 0.200. The first-order chi connectivity index (χ1) is 11.2. The van der Waals surface area contributed by atoms with Gasteiger partial charge in [0.25, 0.3) is 15.7 Å². The highest BCUT2D eigenvalue weighted by molar-refractivity contribution is 9.10. The van der Waals surface area contributed by atoms with Gasteiger partial charge in [-0.2, -0.15) is 0 Å². The van der Waals surface area contributed by atoms with Gasteiger partial charge in [0.05, 0.1) is 17.7 Å². The number of nitro benzene ring substituents is 1. The molecule has 0 heterocycles. The number of nitro groups is 1. The monoisotopic (exact) mass is 414 g/mol. The van der Waals surface area contributed by atoms with Crippen molar-refractivity contribution in [2.75, 3.05) is 11.8 Å². The van der Waals surface area contributed by atoms with E-state index >= 15 is 0 Å². The van der Waals surface area contributed by atoms with Gasteiger partial charge in [-0.3, -0.25) is 14.8 Å². The van der Waals surface area contributed by atoms with Gasteiger partial charge in [-0.05, 0) is 43.7 Å². The number of ether oxygens (including phenoxy) is 1. The number of benzene rings is 2. The summed E-state index contributed by atoms with van der Waals surface area (Å²) < 4.78 is 33.4. The molecule has 128 valence electrons.